The molecule has 26 heavy (non-hydrogen) atoms. The van der Waals surface area contributed by atoms with Gasteiger partial charge in [-0.25, -0.2) is 4.68 Å². The quantitative estimate of drug-likeness (QED) is 0.705. The van der Waals surface area contributed by atoms with Gasteiger partial charge in [0.1, 0.15) is 6.04 Å². The van der Waals surface area contributed by atoms with E-state index in [0.29, 0.717) is 12.4 Å². The highest BCUT2D eigenvalue weighted by atomic mass is 32.1. The number of ketones is 1. The van der Waals surface area contributed by atoms with Crippen molar-refractivity contribution in [2.75, 3.05) is 11.1 Å². The number of hydrogen-bond donors (Lipinski definition) is 2. The van der Waals surface area contributed by atoms with E-state index in [4.69, 9.17) is 5.73 Å². The van der Waals surface area contributed by atoms with Gasteiger partial charge >= 0.3 is 0 Å². The average molecular weight is 384 g/mol. The Hall–Kier alpha value is -2.45. The number of Topliss-reactive ketones (excluding diaryl/α,β-unsaturated/α-hetero) is 1. The Balaban J connectivity index is 1.63. The molecule has 3 aromatic rings. The Labute approximate surface area is 158 Å². The van der Waals surface area contributed by atoms with Crippen LogP contribution in [0.5, 0.6) is 0 Å². The highest BCUT2D eigenvalue weighted by molar-refractivity contribution is 7.12. The van der Waals surface area contributed by atoms with Crippen LogP contribution in [-0.4, -0.2) is 20.5 Å². The van der Waals surface area contributed by atoms with E-state index in [-0.39, 0.29) is 23.7 Å². The molecule has 3 aromatic heterocycles. The van der Waals surface area contributed by atoms with Crippen molar-refractivity contribution in [3.05, 3.63) is 55.5 Å². The van der Waals surface area contributed by atoms with E-state index < -0.39 is 0 Å². The van der Waals surface area contributed by atoms with E-state index in [1.54, 1.807) is 27.4 Å². The maximum atomic E-state index is 13.2. The van der Waals surface area contributed by atoms with Gasteiger partial charge in [-0.3, -0.25) is 4.79 Å². The van der Waals surface area contributed by atoms with Gasteiger partial charge < -0.3 is 11.1 Å². The summed E-state index contributed by atoms with van der Waals surface area (Å²) < 4.78 is 1.75. The molecule has 1 aliphatic heterocycles. The van der Waals surface area contributed by atoms with Crippen molar-refractivity contribution < 1.29 is 4.79 Å². The number of carbonyl (C=O) groups is 1. The average Bonchev–Trinajstić information content (AvgIpc) is 3.32. The summed E-state index contributed by atoms with van der Waals surface area (Å²) in [6.45, 7) is 2.07. The van der Waals surface area contributed by atoms with Crippen LogP contribution in [0.3, 0.4) is 0 Å². The summed E-state index contributed by atoms with van der Waals surface area (Å²) in [5.74, 6) is 1.21. The number of carbonyl (C=O) groups excluding carboxylic acids is 1. The van der Waals surface area contributed by atoms with Gasteiger partial charge in [-0.15, -0.1) is 27.8 Å². The fourth-order valence-corrected chi connectivity index (χ4v) is 5.62. The van der Waals surface area contributed by atoms with Crippen molar-refractivity contribution in [3.63, 3.8) is 0 Å². The number of nitrogen functional groups attached to an aromatic ring is 1. The molecule has 3 N–H and O–H groups in total. The Morgan fingerprint density at radius 3 is 2.88 bits per heavy atom. The summed E-state index contributed by atoms with van der Waals surface area (Å²) >= 11 is 3.39. The lowest BCUT2D eigenvalue weighted by atomic mass is 9.81. The number of nitrogens with two attached hydrogens (primary N) is 1. The lowest BCUT2D eigenvalue weighted by Crippen LogP contribution is -2.33. The zero-order valence-electron chi connectivity index (χ0n) is 14.1. The zero-order valence-corrected chi connectivity index (χ0v) is 15.7. The van der Waals surface area contributed by atoms with Crippen LogP contribution in [0.15, 0.2) is 40.9 Å². The molecule has 1 aliphatic carbocycles. The van der Waals surface area contributed by atoms with Crippen LogP contribution in [0.4, 0.5) is 11.9 Å². The summed E-state index contributed by atoms with van der Waals surface area (Å²) in [5.41, 5.74) is 7.61. The third-order valence-electron chi connectivity index (χ3n) is 4.91. The Kier molecular flexibility index (Phi) is 3.51. The maximum absolute atomic E-state index is 13.2. The number of hydrogen-bond acceptors (Lipinski definition) is 7. The SMILES string of the molecule is Cc1ccc([C@@H]2C3=C(C[C@@H](c4cccs4)CC3=O)Nc3nc(N)nn32)s1. The van der Waals surface area contributed by atoms with Crippen molar-refractivity contribution in [2.24, 2.45) is 0 Å². The number of anilines is 2. The number of allylic oxidation sites excluding steroid dienone is 2. The Morgan fingerprint density at radius 2 is 2.15 bits per heavy atom. The summed E-state index contributed by atoms with van der Waals surface area (Å²) in [4.78, 5) is 21.0. The predicted octanol–water partition coefficient (Wildman–Crippen LogP) is 3.71. The number of rotatable bonds is 2. The van der Waals surface area contributed by atoms with Gasteiger partial charge in [-0.05, 0) is 36.9 Å². The van der Waals surface area contributed by atoms with E-state index >= 15 is 0 Å². The van der Waals surface area contributed by atoms with E-state index in [1.165, 1.54) is 9.75 Å². The molecule has 0 unspecified atom stereocenters. The molecule has 0 aromatic carbocycles. The molecule has 0 amide bonds. The molecule has 4 heterocycles. The number of aromatic nitrogens is 3. The molecule has 132 valence electrons. The molecule has 0 radical (unpaired) electrons. The largest absolute Gasteiger partial charge is 0.366 e. The monoisotopic (exact) mass is 383 g/mol. The first-order valence-corrected chi connectivity index (χ1v) is 10.1. The third kappa shape index (κ3) is 2.40. The minimum atomic E-state index is -0.249. The van der Waals surface area contributed by atoms with E-state index in [9.17, 15) is 4.79 Å². The Morgan fingerprint density at radius 1 is 1.27 bits per heavy atom. The number of thiophene rings is 2. The zero-order chi connectivity index (χ0) is 17.8. The maximum Gasteiger partial charge on any atom is 0.241 e. The standard InChI is InChI=1S/C18H17N5OS2/c1-9-4-5-14(26-9)16-15-11(20-18-21-17(19)22-23(16)18)7-10(8-12(15)24)13-3-2-6-25-13/h2-6,10,16H,7-8H2,1H3,(H3,19,20,21,22)/t10-,16-/m1/s1. The highest BCUT2D eigenvalue weighted by Crippen LogP contribution is 2.45. The molecule has 8 heteroatoms. The lowest BCUT2D eigenvalue weighted by molar-refractivity contribution is -0.116. The molecular formula is C18H17N5OS2. The second kappa shape index (κ2) is 5.78. The predicted molar refractivity (Wildman–Crippen MR) is 104 cm³/mol. The molecule has 2 atom stereocenters. The van der Waals surface area contributed by atoms with Crippen LogP contribution < -0.4 is 11.1 Å². The van der Waals surface area contributed by atoms with Crippen LogP contribution in [0.1, 0.15) is 39.4 Å². The molecule has 0 saturated heterocycles. The fraction of sp³-hybridized carbons (Fsp3) is 0.278. The first-order valence-electron chi connectivity index (χ1n) is 8.45. The van der Waals surface area contributed by atoms with Crippen LogP contribution >= 0.6 is 22.7 Å². The third-order valence-corrected chi connectivity index (χ3v) is 7.00. The number of fused-ring (bicyclic) bond motifs is 1. The topological polar surface area (TPSA) is 85.8 Å². The van der Waals surface area contributed by atoms with Crippen molar-refractivity contribution in [3.8, 4) is 0 Å². The number of nitrogens with zero attached hydrogens (tertiary/aromatic N) is 3. The smallest absolute Gasteiger partial charge is 0.241 e. The van der Waals surface area contributed by atoms with Gasteiger partial charge in [0.2, 0.25) is 11.9 Å². The van der Waals surface area contributed by atoms with Crippen molar-refractivity contribution in [2.45, 2.75) is 31.7 Å². The van der Waals surface area contributed by atoms with Crippen LogP contribution in [0, 0.1) is 6.92 Å². The van der Waals surface area contributed by atoms with Crippen molar-refractivity contribution >= 4 is 40.4 Å². The van der Waals surface area contributed by atoms with Crippen molar-refractivity contribution in [1.29, 1.82) is 0 Å². The minimum absolute atomic E-state index is 0.174. The van der Waals surface area contributed by atoms with Crippen LogP contribution in [-0.2, 0) is 4.79 Å². The first kappa shape index (κ1) is 15.8. The minimum Gasteiger partial charge on any atom is -0.366 e. The van der Waals surface area contributed by atoms with Gasteiger partial charge in [0.25, 0.3) is 0 Å². The van der Waals surface area contributed by atoms with Gasteiger partial charge in [0.05, 0.1) is 0 Å². The second-order valence-corrected chi connectivity index (χ2v) is 8.95. The molecule has 0 spiro atoms. The van der Waals surface area contributed by atoms with Gasteiger partial charge in [0, 0.05) is 38.2 Å². The second-order valence-electron chi connectivity index (χ2n) is 6.65. The number of aryl methyl sites for hydroxylation is 1. The van der Waals surface area contributed by atoms with E-state index in [2.05, 4.69) is 45.9 Å². The van der Waals surface area contributed by atoms with Crippen molar-refractivity contribution in [1.82, 2.24) is 14.8 Å². The molecular weight excluding hydrogens is 366 g/mol. The molecule has 6 nitrogen and oxygen atoms in total. The van der Waals surface area contributed by atoms with E-state index in [0.717, 1.165) is 22.6 Å². The Bertz CT molecular complexity index is 1030. The molecule has 0 bridgehead atoms. The normalized spacial score (nSPS) is 22.1. The summed E-state index contributed by atoms with van der Waals surface area (Å²) in [7, 11) is 0. The summed E-state index contributed by atoms with van der Waals surface area (Å²) in [5, 5.41) is 9.74. The molecule has 2 aliphatic rings. The van der Waals surface area contributed by atoms with Crippen LogP contribution in [0.25, 0.3) is 0 Å². The number of nitrogens with one attached hydrogen (secondary N) is 1. The molecule has 0 fully saturated rings. The molecule has 0 saturated carbocycles. The summed E-state index contributed by atoms with van der Waals surface area (Å²) in [6, 6.07) is 8.04. The first-order chi connectivity index (χ1) is 12.6. The van der Waals surface area contributed by atoms with Crippen LogP contribution in [0.2, 0.25) is 0 Å². The van der Waals surface area contributed by atoms with Gasteiger partial charge in [-0.1, -0.05) is 6.07 Å². The fourth-order valence-electron chi connectivity index (χ4n) is 3.82. The van der Waals surface area contributed by atoms with E-state index in [1.807, 2.05) is 6.07 Å². The lowest BCUT2D eigenvalue weighted by Gasteiger charge is -2.34. The summed E-state index contributed by atoms with van der Waals surface area (Å²) in [6.07, 6.45) is 1.33. The highest BCUT2D eigenvalue weighted by Gasteiger charge is 2.40. The van der Waals surface area contributed by atoms with Gasteiger partial charge in [0.15, 0.2) is 5.78 Å². The van der Waals surface area contributed by atoms with Gasteiger partial charge in [-0.2, -0.15) is 4.98 Å². The molecule has 5 rings (SSSR count).